The van der Waals surface area contributed by atoms with Gasteiger partial charge in [0.15, 0.2) is 0 Å². The molecule has 1 saturated heterocycles. The van der Waals surface area contributed by atoms with Gasteiger partial charge in [0.1, 0.15) is 17.3 Å². The molecule has 1 fully saturated rings. The predicted octanol–water partition coefficient (Wildman–Crippen LogP) is 4.64. The molecule has 1 unspecified atom stereocenters. The monoisotopic (exact) mass is 475 g/mol. The predicted molar refractivity (Wildman–Crippen MR) is 127 cm³/mol. The van der Waals surface area contributed by atoms with Crippen molar-refractivity contribution in [3.8, 4) is 5.75 Å². The number of anilines is 1. The summed E-state index contributed by atoms with van der Waals surface area (Å²) < 4.78 is 25.1. The Hall–Kier alpha value is -4.46. The van der Waals surface area contributed by atoms with E-state index in [1.807, 2.05) is 0 Å². The summed E-state index contributed by atoms with van der Waals surface area (Å²) in [5.74, 6) is -2.98. The standard InChI is InChI=1S/C27H22FNO6/c1-3-35-27(33)17-8-12-18(13-9-17)29-23(20-6-4-5-7-21(20)28)22(25(31)26(29)32)24(30)16-10-14-19(34-2)15-11-16/h4-15,23,30H,3H2,1-2H3/b24-22-. The number of esters is 1. The van der Waals surface area contributed by atoms with E-state index >= 15 is 0 Å². The third kappa shape index (κ3) is 4.38. The molecule has 0 aromatic heterocycles. The third-order valence-electron chi connectivity index (χ3n) is 5.66. The Balaban J connectivity index is 1.86. The van der Waals surface area contributed by atoms with Crippen LogP contribution in [0.25, 0.3) is 5.76 Å². The van der Waals surface area contributed by atoms with Crippen molar-refractivity contribution in [1.82, 2.24) is 0 Å². The van der Waals surface area contributed by atoms with Crippen molar-refractivity contribution < 1.29 is 33.4 Å². The molecule has 178 valence electrons. The Morgan fingerprint density at radius 1 is 0.971 bits per heavy atom. The Morgan fingerprint density at radius 2 is 1.60 bits per heavy atom. The van der Waals surface area contributed by atoms with Crippen LogP contribution in [0.2, 0.25) is 0 Å². The highest BCUT2D eigenvalue weighted by Crippen LogP contribution is 2.43. The molecule has 0 saturated carbocycles. The molecule has 8 heteroatoms. The van der Waals surface area contributed by atoms with Gasteiger partial charge in [0.05, 0.1) is 30.9 Å². The molecule has 4 rings (SSSR count). The lowest BCUT2D eigenvalue weighted by Crippen LogP contribution is -2.29. The lowest BCUT2D eigenvalue weighted by Gasteiger charge is -2.26. The lowest BCUT2D eigenvalue weighted by molar-refractivity contribution is -0.132. The molecule has 35 heavy (non-hydrogen) atoms. The van der Waals surface area contributed by atoms with E-state index in [1.165, 1.54) is 61.7 Å². The minimum absolute atomic E-state index is 0.0382. The Labute approximate surface area is 201 Å². The van der Waals surface area contributed by atoms with Crippen molar-refractivity contribution in [2.24, 2.45) is 0 Å². The highest BCUT2D eigenvalue weighted by atomic mass is 19.1. The van der Waals surface area contributed by atoms with E-state index < -0.39 is 35.3 Å². The lowest BCUT2D eigenvalue weighted by atomic mass is 9.94. The van der Waals surface area contributed by atoms with E-state index in [0.717, 1.165) is 4.90 Å². The summed E-state index contributed by atoms with van der Waals surface area (Å²) in [6.07, 6.45) is 0. The Morgan fingerprint density at radius 3 is 2.20 bits per heavy atom. The van der Waals surface area contributed by atoms with Gasteiger partial charge in [-0.2, -0.15) is 0 Å². The molecule has 1 aliphatic heterocycles. The first-order chi connectivity index (χ1) is 16.9. The molecule has 0 radical (unpaired) electrons. The summed E-state index contributed by atoms with van der Waals surface area (Å²) in [5, 5.41) is 11.1. The van der Waals surface area contributed by atoms with Crippen molar-refractivity contribution in [3.63, 3.8) is 0 Å². The molecule has 1 atom stereocenters. The summed E-state index contributed by atoms with van der Waals surface area (Å²) in [6, 6.07) is 16.6. The number of amides is 1. The molecule has 0 bridgehead atoms. The molecular formula is C27H22FNO6. The fraction of sp³-hybridized carbons (Fsp3) is 0.148. The fourth-order valence-electron chi connectivity index (χ4n) is 3.97. The highest BCUT2D eigenvalue weighted by molar-refractivity contribution is 6.51. The first-order valence-electron chi connectivity index (χ1n) is 10.8. The molecule has 0 aliphatic carbocycles. The second-order valence-electron chi connectivity index (χ2n) is 7.69. The van der Waals surface area contributed by atoms with Crippen LogP contribution in [-0.2, 0) is 14.3 Å². The summed E-state index contributed by atoms with van der Waals surface area (Å²) in [7, 11) is 1.49. The van der Waals surface area contributed by atoms with E-state index in [0.29, 0.717) is 5.75 Å². The maximum absolute atomic E-state index is 14.9. The molecule has 0 spiro atoms. The molecule has 3 aromatic rings. The van der Waals surface area contributed by atoms with Gasteiger partial charge in [-0.3, -0.25) is 14.5 Å². The first kappa shape index (κ1) is 23.7. The normalized spacial score (nSPS) is 16.9. The maximum Gasteiger partial charge on any atom is 0.338 e. The van der Waals surface area contributed by atoms with E-state index in [4.69, 9.17) is 9.47 Å². The average molecular weight is 475 g/mol. The molecule has 3 aromatic carbocycles. The number of methoxy groups -OCH3 is 1. The molecule has 1 heterocycles. The summed E-state index contributed by atoms with van der Waals surface area (Å²) in [4.78, 5) is 39.4. The Kier molecular flexibility index (Phi) is 6.64. The van der Waals surface area contributed by atoms with Crippen LogP contribution in [0.1, 0.15) is 34.5 Å². The van der Waals surface area contributed by atoms with Crippen molar-refractivity contribution in [2.45, 2.75) is 13.0 Å². The van der Waals surface area contributed by atoms with Crippen LogP contribution in [-0.4, -0.2) is 36.5 Å². The minimum atomic E-state index is -1.23. The number of Topliss-reactive ketones (excluding diaryl/α,β-unsaturated/α-hetero) is 1. The zero-order valence-corrected chi connectivity index (χ0v) is 19.0. The van der Waals surface area contributed by atoms with Gasteiger partial charge in [0.2, 0.25) is 0 Å². The van der Waals surface area contributed by atoms with Crippen LogP contribution in [0, 0.1) is 5.82 Å². The number of aliphatic hydroxyl groups excluding tert-OH is 1. The van der Waals surface area contributed by atoms with Crippen LogP contribution in [0.3, 0.4) is 0 Å². The molecular weight excluding hydrogens is 453 g/mol. The smallest absolute Gasteiger partial charge is 0.338 e. The van der Waals surface area contributed by atoms with Crippen LogP contribution in [0.5, 0.6) is 5.75 Å². The summed E-state index contributed by atoms with van der Waals surface area (Å²) in [6.45, 7) is 1.89. The van der Waals surface area contributed by atoms with Gasteiger partial charge in [-0.1, -0.05) is 18.2 Å². The molecule has 1 amide bonds. The Bertz CT molecular complexity index is 1310. The van der Waals surface area contributed by atoms with Gasteiger partial charge < -0.3 is 14.6 Å². The SMILES string of the molecule is CCOC(=O)c1ccc(N2C(=O)C(=O)/C(=C(\O)c3ccc(OC)cc3)C2c2ccccc2F)cc1. The van der Waals surface area contributed by atoms with Crippen molar-refractivity contribution >= 4 is 29.1 Å². The number of hydrogen-bond donors (Lipinski definition) is 1. The van der Waals surface area contributed by atoms with Gasteiger partial charge in [-0.25, -0.2) is 9.18 Å². The third-order valence-corrected chi connectivity index (χ3v) is 5.66. The van der Waals surface area contributed by atoms with E-state index in [9.17, 15) is 23.9 Å². The van der Waals surface area contributed by atoms with Gasteiger partial charge in [0.25, 0.3) is 11.7 Å². The van der Waals surface area contributed by atoms with E-state index in [1.54, 1.807) is 25.1 Å². The van der Waals surface area contributed by atoms with Crippen LogP contribution in [0.15, 0.2) is 78.4 Å². The largest absolute Gasteiger partial charge is 0.507 e. The minimum Gasteiger partial charge on any atom is -0.507 e. The van der Waals surface area contributed by atoms with Crippen molar-refractivity contribution in [1.29, 1.82) is 0 Å². The summed E-state index contributed by atoms with van der Waals surface area (Å²) >= 11 is 0. The van der Waals surface area contributed by atoms with Gasteiger partial charge in [-0.15, -0.1) is 0 Å². The number of rotatable bonds is 6. The number of ether oxygens (including phenoxy) is 2. The number of hydrogen-bond acceptors (Lipinski definition) is 6. The fourth-order valence-corrected chi connectivity index (χ4v) is 3.97. The number of nitrogens with zero attached hydrogens (tertiary/aromatic N) is 1. The van der Waals surface area contributed by atoms with Crippen molar-refractivity contribution in [2.75, 3.05) is 18.6 Å². The quantitative estimate of drug-likeness (QED) is 0.242. The number of carbonyl (C=O) groups excluding carboxylic acids is 3. The first-order valence-corrected chi connectivity index (χ1v) is 10.8. The summed E-state index contributed by atoms with van der Waals surface area (Å²) in [5.41, 5.74) is 0.564. The number of aliphatic hydroxyl groups is 1. The van der Waals surface area contributed by atoms with E-state index in [2.05, 4.69) is 0 Å². The molecule has 1 N–H and O–H groups in total. The van der Waals surface area contributed by atoms with Gasteiger partial charge >= 0.3 is 5.97 Å². The topological polar surface area (TPSA) is 93.1 Å². The van der Waals surface area contributed by atoms with Crippen LogP contribution < -0.4 is 9.64 Å². The number of carbonyl (C=O) groups is 3. The molecule has 1 aliphatic rings. The van der Waals surface area contributed by atoms with Crippen molar-refractivity contribution in [3.05, 3.63) is 101 Å². The van der Waals surface area contributed by atoms with Gasteiger partial charge in [0, 0.05) is 16.8 Å². The zero-order chi connectivity index (χ0) is 25.1. The average Bonchev–Trinajstić information content (AvgIpc) is 3.14. The number of halogens is 1. The second kappa shape index (κ2) is 9.80. The zero-order valence-electron chi connectivity index (χ0n) is 19.0. The molecule has 7 nitrogen and oxygen atoms in total. The highest BCUT2D eigenvalue weighted by Gasteiger charge is 2.47. The van der Waals surface area contributed by atoms with Gasteiger partial charge in [-0.05, 0) is 61.5 Å². The van der Waals surface area contributed by atoms with Crippen LogP contribution >= 0.6 is 0 Å². The van der Waals surface area contributed by atoms with E-state index in [-0.39, 0.29) is 34.6 Å². The number of ketones is 1. The second-order valence-corrected chi connectivity index (χ2v) is 7.69. The maximum atomic E-state index is 14.9. The van der Waals surface area contributed by atoms with Crippen LogP contribution in [0.4, 0.5) is 10.1 Å². The number of benzene rings is 3.